The molecule has 2 unspecified atom stereocenters. The van der Waals surface area contributed by atoms with Gasteiger partial charge in [-0.3, -0.25) is 0 Å². The number of hydrogen-bond donors (Lipinski definition) is 0. The fourth-order valence-corrected chi connectivity index (χ4v) is 8.10. The molecule has 27 heavy (non-hydrogen) atoms. The van der Waals surface area contributed by atoms with Crippen molar-refractivity contribution in [2.75, 3.05) is 31.3 Å². The number of thioether (sulfide) groups is 5. The molecule has 0 aliphatic heterocycles. The largest absolute Gasteiger partial charge is 0.156 e. The summed E-state index contributed by atoms with van der Waals surface area (Å²) in [7, 11) is 0. The lowest BCUT2D eigenvalue weighted by Crippen LogP contribution is -2.22. The summed E-state index contributed by atoms with van der Waals surface area (Å²) in [5, 5.41) is 1.12. The van der Waals surface area contributed by atoms with E-state index >= 15 is 0 Å². The lowest BCUT2D eigenvalue weighted by Gasteiger charge is -2.27. The van der Waals surface area contributed by atoms with Crippen LogP contribution < -0.4 is 0 Å². The third kappa shape index (κ3) is 6.20. The molecule has 5 heteroatoms. The second kappa shape index (κ2) is 11.8. The van der Waals surface area contributed by atoms with Crippen molar-refractivity contribution in [2.24, 2.45) is 0 Å². The highest BCUT2D eigenvalue weighted by molar-refractivity contribution is 8.07. The van der Waals surface area contributed by atoms with Gasteiger partial charge in [-0.05, 0) is 72.0 Å². The average molecular weight is 453 g/mol. The first kappa shape index (κ1) is 23.2. The Balaban J connectivity index is 2.16. The summed E-state index contributed by atoms with van der Waals surface area (Å²) in [5.41, 5.74) is 3.93. The fourth-order valence-electron chi connectivity index (χ4n) is 3.07. The van der Waals surface area contributed by atoms with E-state index in [-0.39, 0.29) is 0 Å². The van der Waals surface area contributed by atoms with Crippen LogP contribution in [0.3, 0.4) is 0 Å². The third-order valence-electron chi connectivity index (χ3n) is 4.38. The Morgan fingerprint density at radius 1 is 0.852 bits per heavy atom. The van der Waals surface area contributed by atoms with Crippen molar-refractivity contribution in [3.05, 3.63) is 64.1 Å². The Bertz CT molecular complexity index is 758. The molecular formula is C22H28S5. The molecule has 0 radical (unpaired) electrons. The molecule has 0 heterocycles. The van der Waals surface area contributed by atoms with Gasteiger partial charge in [0.25, 0.3) is 0 Å². The van der Waals surface area contributed by atoms with Crippen molar-refractivity contribution in [3.8, 4) is 0 Å². The van der Waals surface area contributed by atoms with Gasteiger partial charge in [-0.1, -0.05) is 36.4 Å². The first-order valence-corrected chi connectivity index (χ1v) is 14.9. The van der Waals surface area contributed by atoms with Gasteiger partial charge in [0.15, 0.2) is 0 Å². The van der Waals surface area contributed by atoms with E-state index in [1.807, 2.05) is 58.8 Å². The summed E-state index contributed by atoms with van der Waals surface area (Å²) in [5.74, 6) is 0. The molecule has 0 bridgehead atoms. The van der Waals surface area contributed by atoms with E-state index in [0.29, 0.717) is 10.5 Å². The van der Waals surface area contributed by atoms with Gasteiger partial charge in [0.1, 0.15) is 0 Å². The Morgan fingerprint density at radius 3 is 2.19 bits per heavy atom. The van der Waals surface area contributed by atoms with Crippen molar-refractivity contribution in [2.45, 2.75) is 27.2 Å². The summed E-state index contributed by atoms with van der Waals surface area (Å²) in [6.07, 6.45) is 24.4. The average Bonchev–Trinajstić information content (AvgIpc) is 2.69. The predicted molar refractivity (Wildman–Crippen MR) is 137 cm³/mol. The number of allylic oxidation sites excluding steroid dienone is 5. The lowest BCUT2D eigenvalue weighted by molar-refractivity contribution is 1.05. The van der Waals surface area contributed by atoms with Gasteiger partial charge in [0.05, 0.1) is 5.25 Å². The monoisotopic (exact) mass is 452 g/mol. The summed E-state index contributed by atoms with van der Waals surface area (Å²) < 4.78 is 0. The van der Waals surface area contributed by atoms with Crippen molar-refractivity contribution in [1.82, 2.24) is 0 Å². The molecule has 0 fully saturated rings. The highest BCUT2D eigenvalue weighted by Gasteiger charge is 2.25. The summed E-state index contributed by atoms with van der Waals surface area (Å²) in [4.78, 5) is 4.23. The molecule has 1 aliphatic carbocycles. The normalized spacial score (nSPS) is 20.4. The Kier molecular flexibility index (Phi) is 10.2. The van der Waals surface area contributed by atoms with Crippen LogP contribution >= 0.6 is 58.8 Å². The maximum atomic E-state index is 2.40. The van der Waals surface area contributed by atoms with E-state index in [1.54, 1.807) is 0 Å². The molecule has 1 aromatic carbocycles. The van der Waals surface area contributed by atoms with Gasteiger partial charge in [-0.15, -0.1) is 35.3 Å². The lowest BCUT2D eigenvalue weighted by atomic mass is 10.1. The zero-order chi connectivity index (χ0) is 19.8. The fraction of sp³-hybridized carbons (Fsp3) is 0.364. The van der Waals surface area contributed by atoms with Gasteiger partial charge in [-0.25, -0.2) is 0 Å². The topological polar surface area (TPSA) is 0 Å². The standard InChI is InChI=1S/C22H28S5/c1-15-11-16(12-18(23-2)21(15)26-5)9-7-8-10-17-13-19(24-3)22(27-6)20(14-17)25-4/h7-14,19,22H,1-6H3/b9-7+,10-8+. The zero-order valence-electron chi connectivity index (χ0n) is 16.8. The predicted octanol–water partition coefficient (Wildman–Crippen LogP) is 7.66. The summed E-state index contributed by atoms with van der Waals surface area (Å²) >= 11 is 9.42. The van der Waals surface area contributed by atoms with E-state index < -0.39 is 0 Å². The molecule has 146 valence electrons. The van der Waals surface area contributed by atoms with Crippen LogP contribution in [0.4, 0.5) is 0 Å². The Labute approximate surface area is 186 Å². The number of benzene rings is 1. The van der Waals surface area contributed by atoms with Gasteiger partial charge in [0.2, 0.25) is 0 Å². The molecular weight excluding hydrogens is 425 g/mol. The molecule has 0 saturated heterocycles. The number of aryl methyl sites for hydroxylation is 1. The second-order valence-electron chi connectivity index (χ2n) is 6.07. The molecule has 2 atom stereocenters. The van der Waals surface area contributed by atoms with E-state index in [0.717, 1.165) is 0 Å². The first-order chi connectivity index (χ1) is 13.1. The van der Waals surface area contributed by atoms with Crippen LogP contribution in [-0.4, -0.2) is 41.8 Å². The Morgan fingerprint density at radius 2 is 1.59 bits per heavy atom. The van der Waals surface area contributed by atoms with Crippen LogP contribution in [0.5, 0.6) is 0 Å². The van der Waals surface area contributed by atoms with Gasteiger partial charge in [0, 0.05) is 15.0 Å². The molecule has 1 aliphatic rings. The highest BCUT2D eigenvalue weighted by Crippen LogP contribution is 2.38. The van der Waals surface area contributed by atoms with Gasteiger partial charge in [-0.2, -0.15) is 23.5 Å². The van der Waals surface area contributed by atoms with Crippen LogP contribution in [0.15, 0.2) is 62.8 Å². The maximum Gasteiger partial charge on any atom is 0.0508 e. The molecule has 0 nitrogen and oxygen atoms in total. The van der Waals surface area contributed by atoms with E-state index in [2.05, 4.69) is 86.8 Å². The smallest absolute Gasteiger partial charge is 0.0508 e. The maximum absolute atomic E-state index is 2.40. The van der Waals surface area contributed by atoms with Crippen molar-refractivity contribution >= 4 is 64.9 Å². The minimum atomic E-state index is 0.543. The van der Waals surface area contributed by atoms with Crippen LogP contribution in [-0.2, 0) is 0 Å². The summed E-state index contributed by atoms with van der Waals surface area (Å²) in [6, 6.07) is 4.56. The van der Waals surface area contributed by atoms with Crippen molar-refractivity contribution in [3.63, 3.8) is 0 Å². The molecule has 1 aromatic rings. The minimum absolute atomic E-state index is 0.543. The van der Waals surface area contributed by atoms with Crippen molar-refractivity contribution < 1.29 is 0 Å². The molecule has 0 amide bonds. The van der Waals surface area contributed by atoms with Gasteiger partial charge < -0.3 is 0 Å². The first-order valence-electron chi connectivity index (χ1n) is 8.68. The SMILES string of the molecule is CSC1=CC(/C=C/C=C/c2cc(C)c(SC)c(SC)c2)=CC(SC)C1SC. The second-order valence-corrected chi connectivity index (χ2v) is 10.6. The molecule has 0 N–H and O–H groups in total. The van der Waals surface area contributed by atoms with Gasteiger partial charge >= 0.3 is 0 Å². The van der Waals surface area contributed by atoms with E-state index in [1.165, 1.54) is 31.4 Å². The molecule has 0 saturated carbocycles. The van der Waals surface area contributed by atoms with Crippen LogP contribution in [0.25, 0.3) is 6.08 Å². The number of rotatable bonds is 8. The number of hydrogen-bond acceptors (Lipinski definition) is 5. The molecule has 0 aromatic heterocycles. The van der Waals surface area contributed by atoms with E-state index in [9.17, 15) is 0 Å². The summed E-state index contributed by atoms with van der Waals surface area (Å²) in [6.45, 7) is 2.20. The van der Waals surface area contributed by atoms with Crippen LogP contribution in [0, 0.1) is 6.92 Å². The molecule has 0 spiro atoms. The minimum Gasteiger partial charge on any atom is -0.156 e. The van der Waals surface area contributed by atoms with E-state index in [4.69, 9.17) is 0 Å². The third-order valence-corrected chi connectivity index (χ3v) is 9.40. The van der Waals surface area contributed by atoms with Crippen LogP contribution in [0.1, 0.15) is 11.1 Å². The van der Waals surface area contributed by atoms with Crippen molar-refractivity contribution in [1.29, 1.82) is 0 Å². The van der Waals surface area contributed by atoms with Crippen LogP contribution in [0.2, 0.25) is 0 Å². The highest BCUT2D eigenvalue weighted by atomic mass is 32.2. The Hall–Kier alpha value is -0.0700. The zero-order valence-corrected chi connectivity index (χ0v) is 20.9. The molecule has 2 rings (SSSR count). The quantitative estimate of drug-likeness (QED) is 0.292.